The second kappa shape index (κ2) is 7.71. The van der Waals surface area contributed by atoms with Crippen LogP contribution in [0.5, 0.6) is 5.75 Å². The standard InChI is InChI=1S/C17H22N4O5/c1-19-13-3-4-15(25-2)16(21(23)24)12(13)11-14(19)17(22)18-5-6-20-7-9-26-10-8-20/h3-4,11H,5-10H2,1-2H3,(H,18,22). The van der Waals surface area contributed by atoms with E-state index in [2.05, 4.69) is 10.2 Å². The number of rotatable bonds is 6. The molecule has 2 heterocycles. The molecule has 0 radical (unpaired) electrons. The van der Waals surface area contributed by atoms with Gasteiger partial charge in [-0.1, -0.05) is 0 Å². The molecular formula is C17H22N4O5. The van der Waals surface area contributed by atoms with Gasteiger partial charge < -0.3 is 19.4 Å². The molecule has 0 atom stereocenters. The van der Waals surface area contributed by atoms with Crippen LogP contribution in [0.3, 0.4) is 0 Å². The van der Waals surface area contributed by atoms with Crippen LogP contribution in [0.2, 0.25) is 0 Å². The summed E-state index contributed by atoms with van der Waals surface area (Å²) >= 11 is 0. The van der Waals surface area contributed by atoms with Crippen LogP contribution in [0.4, 0.5) is 5.69 Å². The number of amides is 1. The van der Waals surface area contributed by atoms with Gasteiger partial charge in [-0.05, 0) is 18.2 Å². The third-order valence-electron chi connectivity index (χ3n) is 4.61. The Morgan fingerprint density at radius 2 is 2.12 bits per heavy atom. The van der Waals surface area contributed by atoms with Crippen LogP contribution in [0.1, 0.15) is 10.5 Å². The fourth-order valence-corrected chi connectivity index (χ4v) is 3.19. The fraction of sp³-hybridized carbons (Fsp3) is 0.471. The minimum Gasteiger partial charge on any atom is -0.490 e. The first-order valence-corrected chi connectivity index (χ1v) is 8.42. The minimum atomic E-state index is -0.485. The highest BCUT2D eigenvalue weighted by Crippen LogP contribution is 2.36. The highest BCUT2D eigenvalue weighted by atomic mass is 16.6. The first-order valence-electron chi connectivity index (χ1n) is 8.42. The van der Waals surface area contributed by atoms with E-state index in [1.165, 1.54) is 7.11 Å². The molecule has 26 heavy (non-hydrogen) atoms. The Kier molecular flexibility index (Phi) is 5.38. The first kappa shape index (κ1) is 18.2. The van der Waals surface area contributed by atoms with Gasteiger partial charge in [0.2, 0.25) is 0 Å². The van der Waals surface area contributed by atoms with Gasteiger partial charge in [0.25, 0.3) is 5.91 Å². The summed E-state index contributed by atoms with van der Waals surface area (Å²) in [5, 5.41) is 14.7. The zero-order valence-corrected chi connectivity index (χ0v) is 14.9. The van der Waals surface area contributed by atoms with Crippen LogP contribution in [0.25, 0.3) is 10.9 Å². The van der Waals surface area contributed by atoms with Crippen LogP contribution in [0.15, 0.2) is 18.2 Å². The van der Waals surface area contributed by atoms with Crippen molar-refractivity contribution in [1.29, 1.82) is 0 Å². The van der Waals surface area contributed by atoms with Gasteiger partial charge in [-0.3, -0.25) is 19.8 Å². The second-order valence-electron chi connectivity index (χ2n) is 6.10. The number of nitrogens with one attached hydrogen (secondary N) is 1. The molecule has 0 saturated carbocycles. The van der Waals surface area contributed by atoms with Crippen molar-refractivity contribution in [2.24, 2.45) is 7.05 Å². The van der Waals surface area contributed by atoms with Crippen LogP contribution >= 0.6 is 0 Å². The number of carbonyl (C=O) groups is 1. The normalized spacial score (nSPS) is 15.2. The van der Waals surface area contributed by atoms with Gasteiger partial charge in [-0.25, -0.2) is 0 Å². The van der Waals surface area contributed by atoms with Crippen molar-refractivity contribution >= 4 is 22.5 Å². The van der Waals surface area contributed by atoms with Gasteiger partial charge >= 0.3 is 5.69 Å². The Labute approximate surface area is 150 Å². The van der Waals surface area contributed by atoms with Gasteiger partial charge in [-0.15, -0.1) is 0 Å². The van der Waals surface area contributed by atoms with Gasteiger partial charge in [0, 0.05) is 33.2 Å². The second-order valence-corrected chi connectivity index (χ2v) is 6.10. The molecule has 0 spiro atoms. The zero-order valence-electron chi connectivity index (χ0n) is 14.9. The molecule has 1 N–H and O–H groups in total. The van der Waals surface area contributed by atoms with E-state index in [4.69, 9.17) is 9.47 Å². The number of nitrogens with zero attached hydrogens (tertiary/aromatic N) is 3. The number of fused-ring (bicyclic) bond motifs is 1. The minimum absolute atomic E-state index is 0.132. The van der Waals surface area contributed by atoms with Gasteiger partial charge in [0.15, 0.2) is 5.75 Å². The van der Waals surface area contributed by atoms with Crippen LogP contribution in [0, 0.1) is 10.1 Å². The van der Waals surface area contributed by atoms with E-state index in [0.29, 0.717) is 36.4 Å². The lowest BCUT2D eigenvalue weighted by atomic mass is 10.2. The SMILES string of the molecule is COc1ccc2c(cc(C(=O)NCCN3CCOCC3)n2C)c1[N+](=O)[O-]. The average molecular weight is 362 g/mol. The topological polar surface area (TPSA) is 98.9 Å². The number of nitro benzene ring substituents is 1. The molecule has 3 rings (SSSR count). The maximum atomic E-state index is 12.5. The summed E-state index contributed by atoms with van der Waals surface area (Å²) in [5.74, 6) is -0.0856. The highest BCUT2D eigenvalue weighted by molar-refractivity contribution is 6.02. The van der Waals surface area contributed by atoms with Crippen molar-refractivity contribution in [3.05, 3.63) is 34.0 Å². The van der Waals surface area contributed by atoms with Gasteiger partial charge in [0.1, 0.15) is 5.69 Å². The Hall–Kier alpha value is -2.65. The Morgan fingerprint density at radius 3 is 2.77 bits per heavy atom. The van der Waals surface area contributed by atoms with Crippen LogP contribution in [-0.4, -0.2) is 66.8 Å². The van der Waals surface area contributed by atoms with Crippen molar-refractivity contribution in [3.8, 4) is 5.75 Å². The molecule has 1 saturated heterocycles. The highest BCUT2D eigenvalue weighted by Gasteiger charge is 2.24. The molecule has 9 heteroatoms. The number of morpholine rings is 1. The number of aryl methyl sites for hydroxylation is 1. The molecule has 2 aromatic rings. The number of ether oxygens (including phenoxy) is 2. The number of hydrogen-bond donors (Lipinski definition) is 1. The van der Waals surface area contributed by atoms with E-state index >= 15 is 0 Å². The third kappa shape index (κ3) is 3.49. The molecular weight excluding hydrogens is 340 g/mol. The van der Waals surface area contributed by atoms with Crippen molar-refractivity contribution in [2.45, 2.75) is 0 Å². The van der Waals surface area contributed by atoms with Crippen molar-refractivity contribution in [3.63, 3.8) is 0 Å². The van der Waals surface area contributed by atoms with E-state index in [1.807, 2.05) is 0 Å². The monoisotopic (exact) mass is 362 g/mol. The van der Waals surface area contributed by atoms with Crippen molar-refractivity contribution in [1.82, 2.24) is 14.8 Å². The predicted octanol–water partition coefficient (Wildman–Crippen LogP) is 1.16. The summed E-state index contributed by atoms with van der Waals surface area (Å²) in [7, 11) is 3.10. The van der Waals surface area contributed by atoms with E-state index < -0.39 is 4.92 Å². The summed E-state index contributed by atoms with van der Waals surface area (Å²) in [6, 6.07) is 4.80. The van der Waals surface area contributed by atoms with Crippen molar-refractivity contribution in [2.75, 3.05) is 46.5 Å². The van der Waals surface area contributed by atoms with Gasteiger partial charge in [0.05, 0.1) is 36.1 Å². The number of benzene rings is 1. The number of aromatic nitrogens is 1. The third-order valence-corrected chi connectivity index (χ3v) is 4.61. The number of hydrogen-bond acceptors (Lipinski definition) is 6. The molecule has 1 fully saturated rings. The molecule has 1 amide bonds. The molecule has 9 nitrogen and oxygen atoms in total. The van der Waals surface area contributed by atoms with Crippen molar-refractivity contribution < 1.29 is 19.2 Å². The molecule has 1 aromatic heterocycles. The van der Waals surface area contributed by atoms with Crippen LogP contribution in [-0.2, 0) is 11.8 Å². The van der Waals surface area contributed by atoms with Gasteiger partial charge in [-0.2, -0.15) is 0 Å². The Balaban J connectivity index is 1.78. The van der Waals surface area contributed by atoms with E-state index in [0.717, 1.165) is 19.6 Å². The number of nitro groups is 1. The maximum Gasteiger partial charge on any atom is 0.320 e. The molecule has 1 aliphatic rings. The summed E-state index contributed by atoms with van der Waals surface area (Å²) in [6.45, 7) is 4.38. The molecule has 0 unspecified atom stereocenters. The first-order chi connectivity index (χ1) is 12.5. The molecule has 1 aromatic carbocycles. The Bertz CT molecular complexity index is 826. The van der Waals surface area contributed by atoms with Crippen LogP contribution < -0.4 is 10.1 Å². The van der Waals surface area contributed by atoms with E-state index in [-0.39, 0.29) is 17.3 Å². The zero-order chi connectivity index (χ0) is 18.7. The lowest BCUT2D eigenvalue weighted by Gasteiger charge is -2.26. The largest absolute Gasteiger partial charge is 0.490 e. The predicted molar refractivity (Wildman–Crippen MR) is 95.7 cm³/mol. The average Bonchev–Trinajstić information content (AvgIpc) is 2.98. The molecule has 1 aliphatic heterocycles. The molecule has 0 aliphatic carbocycles. The maximum absolute atomic E-state index is 12.5. The fourth-order valence-electron chi connectivity index (χ4n) is 3.19. The summed E-state index contributed by atoms with van der Waals surface area (Å²) in [6.07, 6.45) is 0. The smallest absolute Gasteiger partial charge is 0.320 e. The summed E-state index contributed by atoms with van der Waals surface area (Å²) < 4.78 is 12.0. The number of carbonyl (C=O) groups excluding carboxylic acids is 1. The molecule has 0 bridgehead atoms. The summed E-state index contributed by atoms with van der Waals surface area (Å²) in [4.78, 5) is 25.7. The lowest BCUT2D eigenvalue weighted by molar-refractivity contribution is -0.383. The Morgan fingerprint density at radius 1 is 1.38 bits per heavy atom. The quantitative estimate of drug-likeness (QED) is 0.611. The molecule has 140 valence electrons. The van der Waals surface area contributed by atoms with E-state index in [1.54, 1.807) is 29.8 Å². The lowest BCUT2D eigenvalue weighted by Crippen LogP contribution is -2.41. The number of methoxy groups -OCH3 is 1. The summed E-state index contributed by atoms with van der Waals surface area (Å²) in [5.41, 5.74) is 0.849. The van der Waals surface area contributed by atoms with E-state index in [9.17, 15) is 14.9 Å².